The quantitative estimate of drug-likeness (QED) is 0.892. The van der Waals surface area contributed by atoms with E-state index in [4.69, 9.17) is 0 Å². The summed E-state index contributed by atoms with van der Waals surface area (Å²) in [6, 6.07) is 3.66. The van der Waals surface area contributed by atoms with Gasteiger partial charge in [0.2, 0.25) is 0 Å². The fourth-order valence-electron chi connectivity index (χ4n) is 1.42. The molecule has 1 aromatic carbocycles. The summed E-state index contributed by atoms with van der Waals surface area (Å²) in [4.78, 5) is 11.7. The maximum Gasteiger partial charge on any atom is 0.417 e. The molecule has 0 atom stereocenters. The van der Waals surface area contributed by atoms with Crippen LogP contribution in [0.5, 0.6) is 0 Å². The molecule has 1 aliphatic rings. The van der Waals surface area contributed by atoms with Gasteiger partial charge in [0.15, 0.2) is 0 Å². The normalized spacial score (nSPS) is 15.8. The lowest BCUT2D eigenvalue weighted by Gasteiger charge is -2.12. The number of halogens is 4. The molecule has 2 nitrogen and oxygen atoms in total. The Labute approximate surface area is 104 Å². The van der Waals surface area contributed by atoms with Crippen LogP contribution in [0.25, 0.3) is 0 Å². The molecule has 6 heteroatoms. The highest BCUT2D eigenvalue weighted by atomic mass is 79.9. The van der Waals surface area contributed by atoms with Crippen LogP contribution in [0, 0.1) is 0 Å². The highest BCUT2D eigenvalue weighted by Gasteiger charge is 2.35. The van der Waals surface area contributed by atoms with Crippen LogP contribution in [0.15, 0.2) is 22.7 Å². The van der Waals surface area contributed by atoms with E-state index < -0.39 is 17.6 Å². The van der Waals surface area contributed by atoms with Crippen LogP contribution in [0.1, 0.15) is 28.8 Å². The summed E-state index contributed by atoms with van der Waals surface area (Å²) < 4.78 is 37.6. The number of rotatable bonds is 2. The zero-order valence-electron chi connectivity index (χ0n) is 8.64. The molecule has 1 amide bonds. The summed E-state index contributed by atoms with van der Waals surface area (Å²) >= 11 is 2.85. The minimum Gasteiger partial charge on any atom is -0.349 e. The van der Waals surface area contributed by atoms with Crippen molar-refractivity contribution in [3.63, 3.8) is 0 Å². The number of hydrogen-bond donors (Lipinski definition) is 1. The lowest BCUT2D eigenvalue weighted by molar-refractivity contribution is -0.138. The molecule has 1 N–H and O–H groups in total. The number of alkyl halides is 3. The highest BCUT2D eigenvalue weighted by molar-refractivity contribution is 9.10. The van der Waals surface area contributed by atoms with Gasteiger partial charge in [-0.05, 0) is 40.9 Å². The van der Waals surface area contributed by atoms with Gasteiger partial charge in [0.25, 0.3) is 5.91 Å². The average Bonchev–Trinajstić information content (AvgIpc) is 3.00. The van der Waals surface area contributed by atoms with Crippen LogP contribution in [-0.2, 0) is 6.18 Å². The van der Waals surface area contributed by atoms with Gasteiger partial charge >= 0.3 is 6.18 Å². The standard InChI is InChI=1S/C11H9BrF3NO/c12-9-7(10(17)16-6-4-5-6)2-1-3-8(9)11(13,14)15/h1-3,6H,4-5H2,(H,16,17). The Morgan fingerprint density at radius 2 is 2.00 bits per heavy atom. The minimum atomic E-state index is -4.46. The van der Waals surface area contributed by atoms with Crippen molar-refractivity contribution >= 4 is 21.8 Å². The van der Waals surface area contributed by atoms with E-state index in [0.29, 0.717) is 0 Å². The van der Waals surface area contributed by atoms with Gasteiger partial charge in [-0.3, -0.25) is 4.79 Å². The fraction of sp³-hybridized carbons (Fsp3) is 0.364. The second kappa shape index (κ2) is 4.33. The Morgan fingerprint density at radius 1 is 1.35 bits per heavy atom. The van der Waals surface area contributed by atoms with Gasteiger partial charge in [-0.25, -0.2) is 0 Å². The molecule has 0 unspecified atom stereocenters. The third-order valence-electron chi connectivity index (χ3n) is 2.46. The van der Waals surface area contributed by atoms with Gasteiger partial charge in [-0.15, -0.1) is 0 Å². The Hall–Kier alpha value is -1.04. The summed E-state index contributed by atoms with van der Waals surface area (Å²) in [5.74, 6) is -0.467. The second-order valence-electron chi connectivity index (χ2n) is 3.91. The first-order valence-corrected chi connectivity index (χ1v) is 5.85. The van der Waals surface area contributed by atoms with E-state index >= 15 is 0 Å². The van der Waals surface area contributed by atoms with Crippen molar-refractivity contribution in [2.24, 2.45) is 0 Å². The van der Waals surface area contributed by atoms with Crippen molar-refractivity contribution in [3.05, 3.63) is 33.8 Å². The van der Waals surface area contributed by atoms with E-state index in [1.807, 2.05) is 0 Å². The predicted octanol–water partition coefficient (Wildman–Crippen LogP) is 3.36. The lowest BCUT2D eigenvalue weighted by Crippen LogP contribution is -2.26. The molecule has 1 fully saturated rings. The molecule has 92 valence electrons. The third kappa shape index (κ3) is 2.80. The van der Waals surface area contributed by atoms with Crippen LogP contribution in [-0.4, -0.2) is 11.9 Å². The molecule has 0 aliphatic heterocycles. The summed E-state index contributed by atoms with van der Waals surface area (Å²) in [6.07, 6.45) is -2.68. The van der Waals surface area contributed by atoms with Gasteiger partial charge in [0, 0.05) is 10.5 Å². The molecule has 1 aromatic rings. The second-order valence-corrected chi connectivity index (χ2v) is 4.71. The van der Waals surface area contributed by atoms with E-state index in [1.54, 1.807) is 0 Å². The number of carbonyl (C=O) groups excluding carboxylic acids is 1. The van der Waals surface area contributed by atoms with Crippen LogP contribution >= 0.6 is 15.9 Å². The first-order valence-electron chi connectivity index (χ1n) is 5.06. The van der Waals surface area contributed by atoms with Gasteiger partial charge in [-0.1, -0.05) is 6.07 Å². The van der Waals surface area contributed by atoms with Crippen molar-refractivity contribution in [2.45, 2.75) is 25.1 Å². The first kappa shape index (κ1) is 12.4. The Bertz CT molecular complexity index is 455. The molecular formula is C11H9BrF3NO. The Balaban J connectivity index is 2.31. The molecule has 1 saturated carbocycles. The minimum absolute atomic E-state index is 0.0201. The molecule has 0 spiro atoms. The molecule has 1 aliphatic carbocycles. The maximum absolute atomic E-state index is 12.6. The topological polar surface area (TPSA) is 29.1 Å². The van der Waals surface area contributed by atoms with E-state index in [1.165, 1.54) is 12.1 Å². The number of amides is 1. The van der Waals surface area contributed by atoms with E-state index in [2.05, 4.69) is 21.2 Å². The van der Waals surface area contributed by atoms with Crippen LogP contribution in [0.2, 0.25) is 0 Å². The number of carbonyl (C=O) groups is 1. The van der Waals surface area contributed by atoms with Crippen molar-refractivity contribution < 1.29 is 18.0 Å². The third-order valence-corrected chi connectivity index (χ3v) is 3.32. The molecular weight excluding hydrogens is 299 g/mol. The molecule has 0 radical (unpaired) electrons. The zero-order chi connectivity index (χ0) is 12.6. The molecule has 2 rings (SSSR count). The van der Waals surface area contributed by atoms with Crippen molar-refractivity contribution in [1.29, 1.82) is 0 Å². The van der Waals surface area contributed by atoms with E-state index in [-0.39, 0.29) is 16.1 Å². The monoisotopic (exact) mass is 307 g/mol. The van der Waals surface area contributed by atoms with Crippen LogP contribution < -0.4 is 5.32 Å². The maximum atomic E-state index is 12.6. The number of hydrogen-bond acceptors (Lipinski definition) is 1. The summed E-state index contributed by atoms with van der Waals surface area (Å²) in [5, 5.41) is 2.65. The number of nitrogens with one attached hydrogen (secondary N) is 1. The van der Waals surface area contributed by atoms with Crippen LogP contribution in [0.4, 0.5) is 13.2 Å². The molecule has 0 saturated heterocycles. The van der Waals surface area contributed by atoms with Crippen molar-refractivity contribution in [1.82, 2.24) is 5.32 Å². The average molecular weight is 308 g/mol. The van der Waals surface area contributed by atoms with Gasteiger partial charge in [-0.2, -0.15) is 13.2 Å². The van der Waals surface area contributed by atoms with Crippen LogP contribution in [0.3, 0.4) is 0 Å². The van der Waals surface area contributed by atoms with Gasteiger partial charge < -0.3 is 5.32 Å². The highest BCUT2D eigenvalue weighted by Crippen LogP contribution is 2.36. The Kier molecular flexibility index (Phi) is 3.16. The van der Waals surface area contributed by atoms with Gasteiger partial charge in [0.05, 0.1) is 11.1 Å². The molecule has 0 aromatic heterocycles. The molecule has 0 bridgehead atoms. The SMILES string of the molecule is O=C(NC1CC1)c1cccc(C(F)(F)F)c1Br. The van der Waals surface area contributed by atoms with Crippen molar-refractivity contribution in [2.75, 3.05) is 0 Å². The molecule has 0 heterocycles. The van der Waals surface area contributed by atoms with Gasteiger partial charge in [0.1, 0.15) is 0 Å². The predicted molar refractivity (Wildman–Crippen MR) is 59.6 cm³/mol. The summed E-state index contributed by atoms with van der Waals surface area (Å²) in [5.41, 5.74) is -0.812. The Morgan fingerprint density at radius 3 is 2.53 bits per heavy atom. The van der Waals surface area contributed by atoms with E-state index in [9.17, 15) is 18.0 Å². The first-order chi connectivity index (χ1) is 7.89. The summed E-state index contributed by atoms with van der Waals surface area (Å²) in [6.45, 7) is 0. The molecule has 17 heavy (non-hydrogen) atoms. The summed E-state index contributed by atoms with van der Waals surface area (Å²) in [7, 11) is 0. The van der Waals surface area contributed by atoms with Crippen molar-refractivity contribution in [3.8, 4) is 0 Å². The number of benzene rings is 1. The smallest absolute Gasteiger partial charge is 0.349 e. The fourth-order valence-corrected chi connectivity index (χ4v) is 2.09. The van der Waals surface area contributed by atoms with E-state index in [0.717, 1.165) is 18.9 Å². The lowest BCUT2D eigenvalue weighted by atomic mass is 10.1. The zero-order valence-corrected chi connectivity index (χ0v) is 10.2. The largest absolute Gasteiger partial charge is 0.417 e.